The molecule has 7 heteroatoms. The Balaban J connectivity index is 1.38. The Morgan fingerprint density at radius 1 is 1.00 bits per heavy atom. The zero-order valence-corrected chi connectivity index (χ0v) is 19.0. The number of hydrogen-bond acceptors (Lipinski definition) is 6. The van der Waals surface area contributed by atoms with Crippen molar-refractivity contribution >= 4 is 17.3 Å². The van der Waals surface area contributed by atoms with Gasteiger partial charge in [-0.05, 0) is 55.5 Å². The Kier molecular flexibility index (Phi) is 8.14. The van der Waals surface area contributed by atoms with Crippen molar-refractivity contribution in [3.8, 4) is 11.5 Å². The summed E-state index contributed by atoms with van der Waals surface area (Å²) in [7, 11) is 5.66. The van der Waals surface area contributed by atoms with Gasteiger partial charge in [0.1, 0.15) is 18.1 Å². The van der Waals surface area contributed by atoms with E-state index in [-0.39, 0.29) is 11.9 Å². The van der Waals surface area contributed by atoms with Crippen LogP contribution in [0.3, 0.4) is 0 Å². The van der Waals surface area contributed by atoms with Gasteiger partial charge in [0.2, 0.25) is 5.91 Å². The van der Waals surface area contributed by atoms with Gasteiger partial charge in [-0.15, -0.1) is 0 Å². The van der Waals surface area contributed by atoms with Gasteiger partial charge < -0.3 is 19.7 Å². The second kappa shape index (κ2) is 11.0. The molecule has 0 radical (unpaired) electrons. The molecule has 1 N–H and O–H groups in total. The quantitative estimate of drug-likeness (QED) is 0.666. The van der Waals surface area contributed by atoms with Crippen molar-refractivity contribution < 1.29 is 14.3 Å². The molecule has 1 fully saturated rings. The SMILES string of the molecule is COc1ccc(OCCN2CCN(C(C)C(=O)Nc3ccc(N(C)C)cc3)CC2)cc1. The summed E-state index contributed by atoms with van der Waals surface area (Å²) in [5, 5.41) is 3.04. The highest BCUT2D eigenvalue weighted by molar-refractivity contribution is 5.94. The van der Waals surface area contributed by atoms with Crippen LogP contribution in [0.4, 0.5) is 11.4 Å². The molecule has 1 unspecified atom stereocenters. The fourth-order valence-electron chi connectivity index (χ4n) is 3.59. The summed E-state index contributed by atoms with van der Waals surface area (Å²) < 4.78 is 11.0. The third kappa shape index (κ3) is 6.60. The molecule has 2 aromatic carbocycles. The average molecular weight is 427 g/mol. The number of methoxy groups -OCH3 is 1. The summed E-state index contributed by atoms with van der Waals surface area (Å²) in [6, 6.07) is 15.4. The molecular formula is C24H34N4O3. The molecule has 1 heterocycles. The molecule has 1 saturated heterocycles. The van der Waals surface area contributed by atoms with E-state index in [0.717, 1.165) is 55.6 Å². The lowest BCUT2D eigenvalue weighted by Crippen LogP contribution is -2.53. The maximum atomic E-state index is 12.7. The van der Waals surface area contributed by atoms with Crippen LogP contribution in [0.1, 0.15) is 6.92 Å². The van der Waals surface area contributed by atoms with Gasteiger partial charge in [0.05, 0.1) is 13.2 Å². The molecule has 0 aliphatic carbocycles. The minimum atomic E-state index is -0.161. The van der Waals surface area contributed by atoms with Crippen LogP contribution >= 0.6 is 0 Å². The van der Waals surface area contributed by atoms with Crippen LogP contribution < -0.4 is 19.7 Å². The fraction of sp³-hybridized carbons (Fsp3) is 0.458. The molecule has 31 heavy (non-hydrogen) atoms. The molecule has 1 aliphatic rings. The Labute approximate surface area is 185 Å². The van der Waals surface area contributed by atoms with Gasteiger partial charge in [0.15, 0.2) is 0 Å². The van der Waals surface area contributed by atoms with E-state index in [1.54, 1.807) is 7.11 Å². The highest BCUT2D eigenvalue weighted by Gasteiger charge is 2.25. The molecule has 7 nitrogen and oxygen atoms in total. The number of hydrogen-bond donors (Lipinski definition) is 1. The molecule has 2 aromatic rings. The Morgan fingerprint density at radius 3 is 2.19 bits per heavy atom. The van der Waals surface area contributed by atoms with E-state index in [2.05, 4.69) is 15.1 Å². The van der Waals surface area contributed by atoms with Crippen LogP contribution in [0.25, 0.3) is 0 Å². The molecule has 3 rings (SSSR count). The lowest BCUT2D eigenvalue weighted by atomic mass is 10.2. The monoisotopic (exact) mass is 426 g/mol. The fourth-order valence-corrected chi connectivity index (χ4v) is 3.59. The Hall–Kier alpha value is -2.77. The standard InChI is InChI=1S/C24H34N4O3/c1-19(24(29)25-20-5-7-21(8-6-20)26(2)3)28-15-13-27(14-16-28)17-18-31-23-11-9-22(30-4)10-12-23/h5-12,19H,13-18H2,1-4H3,(H,25,29). The van der Waals surface area contributed by atoms with Crippen molar-refractivity contribution in [2.75, 3.05) is 70.8 Å². The number of piperazine rings is 1. The number of carbonyl (C=O) groups excluding carboxylic acids is 1. The topological polar surface area (TPSA) is 57.3 Å². The van der Waals surface area contributed by atoms with Gasteiger partial charge in [0, 0.05) is 58.2 Å². The summed E-state index contributed by atoms with van der Waals surface area (Å²) in [4.78, 5) is 19.3. The van der Waals surface area contributed by atoms with Gasteiger partial charge in [-0.3, -0.25) is 14.6 Å². The van der Waals surface area contributed by atoms with Gasteiger partial charge in [0.25, 0.3) is 0 Å². The molecule has 0 bridgehead atoms. The van der Waals surface area contributed by atoms with Crippen LogP contribution in [-0.2, 0) is 4.79 Å². The number of carbonyl (C=O) groups is 1. The summed E-state index contributed by atoms with van der Waals surface area (Å²) in [5.41, 5.74) is 1.94. The smallest absolute Gasteiger partial charge is 0.241 e. The van der Waals surface area contributed by atoms with Crippen molar-refractivity contribution in [2.24, 2.45) is 0 Å². The molecule has 0 aromatic heterocycles. The second-order valence-corrected chi connectivity index (χ2v) is 8.01. The molecule has 168 valence electrons. The first-order valence-corrected chi connectivity index (χ1v) is 10.8. The van der Waals surface area contributed by atoms with E-state index >= 15 is 0 Å². The number of anilines is 2. The lowest BCUT2D eigenvalue weighted by Gasteiger charge is -2.37. The van der Waals surface area contributed by atoms with Crippen LogP contribution in [0, 0.1) is 0 Å². The number of rotatable bonds is 9. The first kappa shape index (κ1) is 22.9. The maximum Gasteiger partial charge on any atom is 0.241 e. The molecule has 1 aliphatic heterocycles. The van der Waals surface area contributed by atoms with Gasteiger partial charge in [-0.2, -0.15) is 0 Å². The van der Waals surface area contributed by atoms with E-state index in [0.29, 0.717) is 6.61 Å². The summed E-state index contributed by atoms with van der Waals surface area (Å²) in [6.07, 6.45) is 0. The van der Waals surface area contributed by atoms with Crippen LogP contribution in [0.15, 0.2) is 48.5 Å². The van der Waals surface area contributed by atoms with Gasteiger partial charge >= 0.3 is 0 Å². The zero-order valence-electron chi connectivity index (χ0n) is 19.0. The summed E-state index contributed by atoms with van der Waals surface area (Å²) in [6.45, 7) is 7.10. The van der Waals surface area contributed by atoms with Crippen molar-refractivity contribution in [3.05, 3.63) is 48.5 Å². The number of benzene rings is 2. The average Bonchev–Trinajstić information content (AvgIpc) is 2.80. The predicted octanol–water partition coefficient (Wildman–Crippen LogP) is 2.78. The van der Waals surface area contributed by atoms with Crippen molar-refractivity contribution in [3.63, 3.8) is 0 Å². The first-order valence-electron chi connectivity index (χ1n) is 10.8. The normalized spacial score (nSPS) is 15.9. The molecule has 1 amide bonds. The molecule has 0 saturated carbocycles. The van der Waals surface area contributed by atoms with E-state index in [1.807, 2.05) is 74.4 Å². The number of ether oxygens (including phenoxy) is 2. The predicted molar refractivity (Wildman–Crippen MR) is 125 cm³/mol. The number of nitrogens with one attached hydrogen (secondary N) is 1. The van der Waals surface area contributed by atoms with Gasteiger partial charge in [-0.1, -0.05) is 0 Å². The maximum absolute atomic E-state index is 12.7. The van der Waals surface area contributed by atoms with E-state index in [9.17, 15) is 4.79 Å². The summed E-state index contributed by atoms with van der Waals surface area (Å²) in [5.74, 6) is 1.71. The van der Waals surface area contributed by atoms with Crippen molar-refractivity contribution in [2.45, 2.75) is 13.0 Å². The Morgan fingerprint density at radius 2 is 1.61 bits per heavy atom. The Bertz CT molecular complexity index is 816. The molecular weight excluding hydrogens is 392 g/mol. The molecule has 0 spiro atoms. The third-order valence-electron chi connectivity index (χ3n) is 5.72. The van der Waals surface area contributed by atoms with E-state index in [1.165, 1.54) is 0 Å². The van der Waals surface area contributed by atoms with Crippen molar-refractivity contribution in [1.82, 2.24) is 9.80 Å². The zero-order chi connectivity index (χ0) is 22.2. The van der Waals surface area contributed by atoms with Crippen molar-refractivity contribution in [1.29, 1.82) is 0 Å². The third-order valence-corrected chi connectivity index (χ3v) is 5.72. The minimum Gasteiger partial charge on any atom is -0.497 e. The highest BCUT2D eigenvalue weighted by atomic mass is 16.5. The van der Waals surface area contributed by atoms with Crippen LogP contribution in [0.5, 0.6) is 11.5 Å². The largest absolute Gasteiger partial charge is 0.497 e. The number of amides is 1. The molecule has 1 atom stereocenters. The van der Waals surface area contributed by atoms with Crippen LogP contribution in [-0.4, -0.2) is 82.3 Å². The van der Waals surface area contributed by atoms with Gasteiger partial charge in [-0.25, -0.2) is 0 Å². The second-order valence-electron chi connectivity index (χ2n) is 8.01. The van der Waals surface area contributed by atoms with E-state index in [4.69, 9.17) is 9.47 Å². The van der Waals surface area contributed by atoms with E-state index < -0.39 is 0 Å². The number of nitrogens with zero attached hydrogens (tertiary/aromatic N) is 3. The minimum absolute atomic E-state index is 0.0360. The summed E-state index contributed by atoms with van der Waals surface area (Å²) >= 11 is 0. The lowest BCUT2D eigenvalue weighted by molar-refractivity contribution is -0.121. The first-order chi connectivity index (χ1) is 15.0. The highest BCUT2D eigenvalue weighted by Crippen LogP contribution is 2.18. The van der Waals surface area contributed by atoms with Crippen LogP contribution in [0.2, 0.25) is 0 Å².